The van der Waals surface area contributed by atoms with Crippen LogP contribution in [-0.2, 0) is 14.3 Å². The zero-order valence-corrected chi connectivity index (χ0v) is 11.3. The minimum atomic E-state index is -0.727. The van der Waals surface area contributed by atoms with Gasteiger partial charge in [0.1, 0.15) is 5.60 Å². The first-order chi connectivity index (χ1) is 8.23. The fourth-order valence-corrected chi connectivity index (χ4v) is 1.89. The summed E-state index contributed by atoms with van der Waals surface area (Å²) in [6.45, 7) is 5.70. The summed E-state index contributed by atoms with van der Waals surface area (Å²) in [5.41, 5.74) is -0.597. The van der Waals surface area contributed by atoms with Crippen molar-refractivity contribution in [1.82, 2.24) is 4.90 Å². The van der Waals surface area contributed by atoms with E-state index in [2.05, 4.69) is 4.74 Å². The van der Waals surface area contributed by atoms with Gasteiger partial charge < -0.3 is 19.5 Å². The van der Waals surface area contributed by atoms with E-state index in [-0.39, 0.29) is 13.1 Å². The molecule has 0 aromatic rings. The standard InChI is InChI=1S/C12H21NO5/c1-12(2,3)18-11(16)13-6-8(10(15)17-4)5-9(14)7-13/h8-9,14H,5-7H2,1-4H3/t8-,9+/m0/s1. The Kier molecular flexibility index (Phi) is 4.56. The molecule has 6 heteroatoms. The Morgan fingerprint density at radius 1 is 1.28 bits per heavy atom. The first-order valence-corrected chi connectivity index (χ1v) is 5.96. The molecule has 0 aliphatic carbocycles. The fraction of sp³-hybridized carbons (Fsp3) is 0.833. The molecule has 0 aromatic heterocycles. The van der Waals surface area contributed by atoms with E-state index in [4.69, 9.17) is 4.74 Å². The van der Waals surface area contributed by atoms with Gasteiger partial charge in [-0.3, -0.25) is 4.79 Å². The molecule has 6 nitrogen and oxygen atoms in total. The number of piperidine rings is 1. The zero-order chi connectivity index (χ0) is 13.9. The Hall–Kier alpha value is -1.30. The highest BCUT2D eigenvalue weighted by atomic mass is 16.6. The third kappa shape index (κ3) is 4.18. The molecule has 1 aliphatic rings. The van der Waals surface area contributed by atoms with Crippen molar-refractivity contribution >= 4 is 12.1 Å². The first kappa shape index (κ1) is 14.8. The van der Waals surface area contributed by atoms with E-state index in [1.807, 2.05) is 0 Å². The lowest BCUT2D eigenvalue weighted by molar-refractivity contribution is -0.149. The normalized spacial score (nSPS) is 24.6. The highest BCUT2D eigenvalue weighted by molar-refractivity contribution is 5.75. The second-order valence-electron chi connectivity index (χ2n) is 5.49. The van der Waals surface area contributed by atoms with Gasteiger partial charge in [-0.25, -0.2) is 4.79 Å². The second kappa shape index (κ2) is 5.56. The largest absolute Gasteiger partial charge is 0.469 e. The molecule has 1 rings (SSSR count). The van der Waals surface area contributed by atoms with Crippen LogP contribution in [0.25, 0.3) is 0 Å². The van der Waals surface area contributed by atoms with E-state index >= 15 is 0 Å². The SMILES string of the molecule is COC(=O)[C@H]1C[C@@H](O)CN(C(=O)OC(C)(C)C)C1. The van der Waals surface area contributed by atoms with Crippen molar-refractivity contribution in [2.75, 3.05) is 20.2 Å². The van der Waals surface area contributed by atoms with E-state index in [1.54, 1.807) is 20.8 Å². The number of amides is 1. The molecular formula is C12H21NO5. The van der Waals surface area contributed by atoms with Gasteiger partial charge in [0.05, 0.1) is 19.1 Å². The molecule has 0 bridgehead atoms. The number of methoxy groups -OCH3 is 1. The van der Waals surface area contributed by atoms with Crippen LogP contribution in [0.3, 0.4) is 0 Å². The molecule has 0 unspecified atom stereocenters. The molecule has 0 spiro atoms. The lowest BCUT2D eigenvalue weighted by atomic mass is 9.96. The smallest absolute Gasteiger partial charge is 0.410 e. The third-order valence-electron chi connectivity index (χ3n) is 2.61. The molecule has 104 valence electrons. The lowest BCUT2D eigenvalue weighted by Gasteiger charge is -2.35. The van der Waals surface area contributed by atoms with E-state index in [9.17, 15) is 14.7 Å². The van der Waals surface area contributed by atoms with Gasteiger partial charge in [0.15, 0.2) is 0 Å². The average Bonchev–Trinajstić information content (AvgIpc) is 2.24. The van der Waals surface area contributed by atoms with Crippen molar-refractivity contribution in [2.45, 2.75) is 38.9 Å². The summed E-state index contributed by atoms with van der Waals surface area (Å²) in [6, 6.07) is 0. The molecular weight excluding hydrogens is 238 g/mol. The number of aliphatic hydroxyl groups is 1. The minimum absolute atomic E-state index is 0.183. The average molecular weight is 259 g/mol. The second-order valence-corrected chi connectivity index (χ2v) is 5.49. The van der Waals surface area contributed by atoms with Crippen LogP contribution in [0.2, 0.25) is 0 Å². The van der Waals surface area contributed by atoms with Gasteiger partial charge in [0.25, 0.3) is 0 Å². The molecule has 0 radical (unpaired) electrons. The molecule has 2 atom stereocenters. The molecule has 1 aliphatic heterocycles. The quantitative estimate of drug-likeness (QED) is 0.704. The highest BCUT2D eigenvalue weighted by Crippen LogP contribution is 2.20. The Balaban J connectivity index is 2.66. The summed E-state index contributed by atoms with van der Waals surface area (Å²) < 4.78 is 9.85. The summed E-state index contributed by atoms with van der Waals surface area (Å²) in [5, 5.41) is 9.68. The van der Waals surface area contributed by atoms with E-state index < -0.39 is 29.7 Å². The van der Waals surface area contributed by atoms with Gasteiger partial charge in [-0.1, -0.05) is 0 Å². The molecule has 1 amide bonds. The molecule has 1 N–H and O–H groups in total. The number of likely N-dealkylation sites (tertiary alicyclic amines) is 1. The lowest BCUT2D eigenvalue weighted by Crippen LogP contribution is -2.49. The van der Waals surface area contributed by atoms with Crippen LogP contribution in [-0.4, -0.2) is 54.0 Å². The number of esters is 1. The molecule has 0 saturated carbocycles. The van der Waals surface area contributed by atoms with Crippen LogP contribution in [0, 0.1) is 5.92 Å². The summed E-state index contributed by atoms with van der Waals surface area (Å²) in [6.07, 6.45) is -0.933. The van der Waals surface area contributed by atoms with Crippen molar-refractivity contribution in [2.24, 2.45) is 5.92 Å². The molecule has 18 heavy (non-hydrogen) atoms. The van der Waals surface area contributed by atoms with Gasteiger partial charge in [-0.15, -0.1) is 0 Å². The van der Waals surface area contributed by atoms with Crippen molar-refractivity contribution in [3.8, 4) is 0 Å². The number of β-amino-alcohol motifs (C(OH)–C–C–N with tert-alkyl or cyclic N) is 1. The Morgan fingerprint density at radius 3 is 2.39 bits per heavy atom. The van der Waals surface area contributed by atoms with Crippen LogP contribution in [0.1, 0.15) is 27.2 Å². The highest BCUT2D eigenvalue weighted by Gasteiger charge is 2.35. The number of hydrogen-bond donors (Lipinski definition) is 1. The van der Waals surface area contributed by atoms with Gasteiger partial charge in [0, 0.05) is 13.1 Å². The van der Waals surface area contributed by atoms with Crippen molar-refractivity contribution < 1.29 is 24.2 Å². The third-order valence-corrected chi connectivity index (χ3v) is 2.61. The van der Waals surface area contributed by atoms with Crippen molar-refractivity contribution in [3.05, 3.63) is 0 Å². The number of hydrogen-bond acceptors (Lipinski definition) is 5. The van der Waals surface area contributed by atoms with Crippen molar-refractivity contribution in [1.29, 1.82) is 0 Å². The summed E-state index contributed by atoms with van der Waals surface area (Å²) in [4.78, 5) is 24.7. The maximum Gasteiger partial charge on any atom is 0.410 e. The number of rotatable bonds is 1. The van der Waals surface area contributed by atoms with Gasteiger partial charge in [-0.2, -0.15) is 0 Å². The molecule has 0 aromatic carbocycles. The van der Waals surface area contributed by atoms with E-state index in [0.29, 0.717) is 6.42 Å². The Bertz CT molecular complexity index is 323. The van der Waals surface area contributed by atoms with Crippen LogP contribution in [0.15, 0.2) is 0 Å². The minimum Gasteiger partial charge on any atom is -0.469 e. The molecule has 1 saturated heterocycles. The predicted octanol–water partition coefficient (Wildman–Crippen LogP) is 0.777. The number of carbonyl (C=O) groups is 2. The number of aliphatic hydroxyl groups excluding tert-OH is 1. The predicted molar refractivity (Wildman–Crippen MR) is 63.9 cm³/mol. The number of carbonyl (C=O) groups excluding carboxylic acids is 2. The van der Waals surface area contributed by atoms with E-state index in [1.165, 1.54) is 12.0 Å². The molecule has 1 fully saturated rings. The van der Waals surface area contributed by atoms with Gasteiger partial charge in [0.2, 0.25) is 0 Å². The maximum atomic E-state index is 11.9. The first-order valence-electron chi connectivity index (χ1n) is 5.96. The molecule has 1 heterocycles. The zero-order valence-electron chi connectivity index (χ0n) is 11.3. The summed E-state index contributed by atoms with van der Waals surface area (Å²) in [7, 11) is 1.29. The van der Waals surface area contributed by atoms with Gasteiger partial charge >= 0.3 is 12.1 Å². The van der Waals surface area contributed by atoms with Crippen LogP contribution in [0.5, 0.6) is 0 Å². The van der Waals surface area contributed by atoms with Crippen LogP contribution >= 0.6 is 0 Å². The van der Waals surface area contributed by atoms with Crippen LogP contribution in [0.4, 0.5) is 4.79 Å². The van der Waals surface area contributed by atoms with Crippen LogP contribution < -0.4 is 0 Å². The van der Waals surface area contributed by atoms with Gasteiger partial charge in [-0.05, 0) is 27.2 Å². The fourth-order valence-electron chi connectivity index (χ4n) is 1.89. The number of nitrogens with zero attached hydrogens (tertiary/aromatic N) is 1. The Morgan fingerprint density at radius 2 is 1.89 bits per heavy atom. The number of ether oxygens (including phenoxy) is 2. The Labute approximate surface area is 107 Å². The topological polar surface area (TPSA) is 76.1 Å². The summed E-state index contributed by atoms with van der Waals surface area (Å²) in [5.74, 6) is -0.909. The summed E-state index contributed by atoms with van der Waals surface area (Å²) >= 11 is 0. The van der Waals surface area contributed by atoms with E-state index in [0.717, 1.165) is 0 Å². The maximum absolute atomic E-state index is 11.9. The van der Waals surface area contributed by atoms with Crippen molar-refractivity contribution in [3.63, 3.8) is 0 Å². The monoisotopic (exact) mass is 259 g/mol.